The van der Waals surface area contributed by atoms with Crippen LogP contribution in [0.2, 0.25) is 0 Å². The lowest BCUT2D eigenvalue weighted by atomic mass is 9.72. The summed E-state index contributed by atoms with van der Waals surface area (Å²) in [5.41, 5.74) is 0.618. The van der Waals surface area contributed by atoms with Crippen LogP contribution >= 0.6 is 0 Å². The Bertz CT molecular complexity index is 765. The first-order valence-corrected chi connectivity index (χ1v) is 10.0. The predicted octanol–water partition coefficient (Wildman–Crippen LogP) is 4.63. The van der Waals surface area contributed by atoms with Crippen LogP contribution in [0.1, 0.15) is 50.2 Å². The van der Waals surface area contributed by atoms with Gasteiger partial charge in [0.2, 0.25) is 0 Å². The van der Waals surface area contributed by atoms with Crippen LogP contribution in [0.4, 0.5) is 4.39 Å². The number of piperidine rings is 2. The van der Waals surface area contributed by atoms with E-state index in [0.717, 1.165) is 19.4 Å². The Hall–Kier alpha value is -1.91. The monoisotopic (exact) mass is 369 g/mol. The van der Waals surface area contributed by atoms with Gasteiger partial charge in [-0.2, -0.15) is 0 Å². The Morgan fingerprint density at radius 3 is 2.44 bits per heavy atom. The molecule has 2 aliphatic heterocycles. The van der Waals surface area contributed by atoms with E-state index in [9.17, 15) is 9.50 Å². The second-order valence-corrected chi connectivity index (χ2v) is 7.91. The van der Waals surface area contributed by atoms with Crippen LogP contribution < -0.4 is 4.74 Å². The zero-order chi connectivity index (χ0) is 18.9. The lowest BCUT2D eigenvalue weighted by Crippen LogP contribution is -2.56. The molecule has 2 bridgehead atoms. The fourth-order valence-corrected chi connectivity index (χ4v) is 4.92. The zero-order valence-electron chi connectivity index (χ0n) is 15.9. The molecule has 4 rings (SSSR count). The molecule has 2 aliphatic rings. The predicted molar refractivity (Wildman–Crippen MR) is 104 cm³/mol. The number of aliphatic hydroxyl groups is 1. The Balaban J connectivity index is 1.57. The lowest BCUT2D eigenvalue weighted by molar-refractivity contribution is -0.101. The Labute approximate surface area is 160 Å². The van der Waals surface area contributed by atoms with Gasteiger partial charge in [0.05, 0.1) is 12.2 Å². The highest BCUT2D eigenvalue weighted by atomic mass is 19.1. The third kappa shape index (κ3) is 3.74. The first kappa shape index (κ1) is 18.5. The molecule has 0 saturated carbocycles. The minimum absolute atomic E-state index is 0.286. The van der Waals surface area contributed by atoms with Crippen molar-refractivity contribution < 1.29 is 14.2 Å². The summed E-state index contributed by atoms with van der Waals surface area (Å²) in [5, 5.41) is 11.4. The van der Waals surface area contributed by atoms with E-state index in [1.54, 1.807) is 12.1 Å². The van der Waals surface area contributed by atoms with Crippen LogP contribution in [0.15, 0.2) is 48.5 Å². The van der Waals surface area contributed by atoms with Crippen molar-refractivity contribution in [2.24, 2.45) is 0 Å². The molecule has 27 heavy (non-hydrogen) atoms. The zero-order valence-corrected chi connectivity index (χ0v) is 15.9. The molecule has 4 heteroatoms. The van der Waals surface area contributed by atoms with Crippen LogP contribution in [0.3, 0.4) is 0 Å². The number of nitrogens with zero attached hydrogens (tertiary/aromatic N) is 1. The standard InChI is InChI=1S/C23H28FNO2/c1-2-27-20-11-12-21(22(24)13-20)23(26)14-18-9-6-10-19(15-23)25(18)16-17-7-4-3-5-8-17/h3-5,7-8,11-13,18-19,26H,2,6,9-10,14-16H2,1H3. The molecule has 1 N–H and O–H groups in total. The molecule has 0 spiro atoms. The third-order valence-corrected chi connectivity index (χ3v) is 6.12. The van der Waals surface area contributed by atoms with Gasteiger partial charge in [-0.3, -0.25) is 4.90 Å². The Morgan fingerprint density at radius 2 is 1.81 bits per heavy atom. The van der Waals surface area contributed by atoms with E-state index in [4.69, 9.17) is 4.74 Å². The van der Waals surface area contributed by atoms with Gasteiger partial charge in [-0.1, -0.05) is 36.8 Å². The maximum Gasteiger partial charge on any atom is 0.132 e. The van der Waals surface area contributed by atoms with Gasteiger partial charge in [-0.15, -0.1) is 0 Å². The molecule has 0 aromatic heterocycles. The van der Waals surface area contributed by atoms with Crippen molar-refractivity contribution in [3.8, 4) is 5.75 Å². The van der Waals surface area contributed by atoms with Crippen molar-refractivity contribution >= 4 is 0 Å². The number of halogens is 1. The lowest BCUT2D eigenvalue weighted by Gasteiger charge is -2.52. The van der Waals surface area contributed by atoms with E-state index in [0.29, 0.717) is 30.8 Å². The van der Waals surface area contributed by atoms with Gasteiger partial charge in [-0.25, -0.2) is 4.39 Å². The topological polar surface area (TPSA) is 32.7 Å². The van der Waals surface area contributed by atoms with Crippen LogP contribution in [0, 0.1) is 5.82 Å². The molecule has 2 saturated heterocycles. The summed E-state index contributed by atoms with van der Waals surface area (Å²) >= 11 is 0. The maximum atomic E-state index is 14.8. The molecule has 3 nitrogen and oxygen atoms in total. The van der Waals surface area contributed by atoms with Crippen molar-refractivity contribution in [1.82, 2.24) is 4.90 Å². The van der Waals surface area contributed by atoms with Crippen LogP contribution in [-0.2, 0) is 12.1 Å². The second-order valence-electron chi connectivity index (χ2n) is 7.91. The smallest absolute Gasteiger partial charge is 0.132 e. The summed E-state index contributed by atoms with van der Waals surface area (Å²) in [4.78, 5) is 2.53. The Kier molecular flexibility index (Phi) is 5.20. The molecular weight excluding hydrogens is 341 g/mol. The van der Waals surface area contributed by atoms with E-state index in [-0.39, 0.29) is 17.9 Å². The van der Waals surface area contributed by atoms with Crippen molar-refractivity contribution in [2.75, 3.05) is 6.61 Å². The number of ether oxygens (including phenoxy) is 1. The highest BCUT2D eigenvalue weighted by Gasteiger charge is 2.47. The van der Waals surface area contributed by atoms with Gasteiger partial charge < -0.3 is 9.84 Å². The number of benzene rings is 2. The normalized spacial score (nSPS) is 28.1. The van der Waals surface area contributed by atoms with Gasteiger partial charge >= 0.3 is 0 Å². The number of rotatable bonds is 5. The molecule has 2 atom stereocenters. The fraction of sp³-hybridized carbons (Fsp3) is 0.478. The van der Waals surface area contributed by atoms with Crippen molar-refractivity contribution in [3.63, 3.8) is 0 Å². The molecule has 2 unspecified atom stereocenters. The molecule has 2 fully saturated rings. The van der Waals surface area contributed by atoms with Gasteiger partial charge in [0.15, 0.2) is 0 Å². The van der Waals surface area contributed by atoms with E-state index in [1.807, 2.05) is 13.0 Å². The molecule has 144 valence electrons. The van der Waals surface area contributed by atoms with Gasteiger partial charge in [0.1, 0.15) is 11.6 Å². The number of hydrogen-bond acceptors (Lipinski definition) is 3. The molecular formula is C23H28FNO2. The van der Waals surface area contributed by atoms with Crippen LogP contribution in [-0.4, -0.2) is 28.7 Å². The molecule has 0 radical (unpaired) electrons. The molecule has 0 aliphatic carbocycles. The minimum Gasteiger partial charge on any atom is -0.494 e. The van der Waals surface area contributed by atoms with E-state index < -0.39 is 5.60 Å². The highest BCUT2D eigenvalue weighted by molar-refractivity contribution is 5.33. The summed E-state index contributed by atoms with van der Waals surface area (Å²) in [6, 6.07) is 15.9. The van der Waals surface area contributed by atoms with Gasteiger partial charge in [0.25, 0.3) is 0 Å². The molecule has 2 heterocycles. The summed E-state index contributed by atoms with van der Waals surface area (Å²) < 4.78 is 20.2. The van der Waals surface area contributed by atoms with Crippen LogP contribution in [0.25, 0.3) is 0 Å². The van der Waals surface area contributed by atoms with Crippen molar-refractivity contribution in [2.45, 2.75) is 63.3 Å². The summed E-state index contributed by atoms with van der Waals surface area (Å²) in [6.07, 6.45) is 4.47. The minimum atomic E-state index is -1.10. The molecule has 2 aromatic carbocycles. The SMILES string of the molecule is CCOc1ccc(C2(O)CC3CCCC(C2)N3Cc2ccccc2)c(F)c1. The highest BCUT2D eigenvalue weighted by Crippen LogP contribution is 2.45. The largest absolute Gasteiger partial charge is 0.494 e. The van der Waals surface area contributed by atoms with E-state index in [1.165, 1.54) is 18.1 Å². The maximum absolute atomic E-state index is 14.8. The van der Waals surface area contributed by atoms with Gasteiger partial charge in [-0.05, 0) is 50.3 Å². The Morgan fingerprint density at radius 1 is 1.11 bits per heavy atom. The summed E-state index contributed by atoms with van der Waals surface area (Å²) in [5.74, 6) is 0.155. The van der Waals surface area contributed by atoms with Crippen molar-refractivity contribution in [3.05, 3.63) is 65.5 Å². The average molecular weight is 369 g/mol. The molecule has 0 amide bonds. The summed E-state index contributed by atoms with van der Waals surface area (Å²) in [6.45, 7) is 3.28. The quantitative estimate of drug-likeness (QED) is 0.834. The van der Waals surface area contributed by atoms with E-state index >= 15 is 0 Å². The number of hydrogen-bond donors (Lipinski definition) is 1. The number of fused-ring (bicyclic) bond motifs is 2. The average Bonchev–Trinajstić information content (AvgIpc) is 2.64. The first-order chi connectivity index (χ1) is 13.1. The fourth-order valence-electron chi connectivity index (χ4n) is 4.92. The van der Waals surface area contributed by atoms with Crippen molar-refractivity contribution in [1.29, 1.82) is 0 Å². The van der Waals surface area contributed by atoms with Crippen LogP contribution in [0.5, 0.6) is 5.75 Å². The summed E-state index contributed by atoms with van der Waals surface area (Å²) in [7, 11) is 0. The van der Waals surface area contributed by atoms with Gasteiger partial charge in [0, 0.05) is 30.3 Å². The third-order valence-electron chi connectivity index (χ3n) is 6.12. The van der Waals surface area contributed by atoms with E-state index in [2.05, 4.69) is 29.2 Å². The second kappa shape index (κ2) is 7.61. The molecule has 2 aromatic rings. The first-order valence-electron chi connectivity index (χ1n) is 10.0.